The lowest BCUT2D eigenvalue weighted by atomic mass is 10.5. The highest BCUT2D eigenvalue weighted by atomic mass is 16.6. The monoisotopic (exact) mass is 216 g/mol. The minimum atomic E-state index is -0.774. The summed E-state index contributed by atoms with van der Waals surface area (Å²) in [5.41, 5.74) is -0.441. The molecule has 0 saturated heterocycles. The van der Waals surface area contributed by atoms with E-state index in [0.29, 0.717) is 0 Å². The van der Waals surface area contributed by atoms with Crippen molar-refractivity contribution < 1.29 is 9.53 Å². The minimum Gasteiger partial charge on any atom is -0.391 e. The van der Waals surface area contributed by atoms with Crippen LogP contribution in [0.2, 0.25) is 0 Å². The molecule has 0 aliphatic rings. The molecule has 0 radical (unpaired) electrons. The predicted molar refractivity (Wildman–Crippen MR) is 56.4 cm³/mol. The second-order valence-electron chi connectivity index (χ2n) is 2.94. The SMILES string of the molecule is O=C(Oc1ccccn1)n1ccccc1=O. The van der Waals surface area contributed by atoms with Crippen LogP contribution in [0.1, 0.15) is 0 Å². The third-order valence-corrected chi connectivity index (χ3v) is 1.85. The summed E-state index contributed by atoms with van der Waals surface area (Å²) >= 11 is 0. The van der Waals surface area contributed by atoms with E-state index in [1.807, 2.05) is 0 Å². The van der Waals surface area contributed by atoms with Crippen LogP contribution in [-0.2, 0) is 0 Å². The van der Waals surface area contributed by atoms with E-state index < -0.39 is 11.7 Å². The molecular formula is C11H8N2O3. The molecule has 2 aromatic rings. The van der Waals surface area contributed by atoms with Crippen LogP contribution in [-0.4, -0.2) is 15.6 Å². The number of hydrogen-bond acceptors (Lipinski definition) is 4. The summed E-state index contributed by atoms with van der Waals surface area (Å²) in [4.78, 5) is 26.6. The average Bonchev–Trinajstić information content (AvgIpc) is 2.31. The van der Waals surface area contributed by atoms with Crippen LogP contribution < -0.4 is 10.3 Å². The van der Waals surface area contributed by atoms with Gasteiger partial charge in [-0.2, -0.15) is 0 Å². The lowest BCUT2D eigenvalue weighted by Gasteiger charge is -2.03. The largest absolute Gasteiger partial charge is 0.427 e. The van der Waals surface area contributed by atoms with Crippen molar-refractivity contribution in [3.8, 4) is 5.88 Å². The van der Waals surface area contributed by atoms with E-state index in [0.717, 1.165) is 4.57 Å². The summed E-state index contributed by atoms with van der Waals surface area (Å²) in [5, 5.41) is 0. The van der Waals surface area contributed by atoms with Gasteiger partial charge >= 0.3 is 6.09 Å². The van der Waals surface area contributed by atoms with Gasteiger partial charge in [-0.1, -0.05) is 12.1 Å². The number of carbonyl (C=O) groups is 1. The first-order valence-electron chi connectivity index (χ1n) is 4.58. The van der Waals surface area contributed by atoms with Crippen LogP contribution in [0.3, 0.4) is 0 Å². The van der Waals surface area contributed by atoms with Crippen LogP contribution in [0.4, 0.5) is 4.79 Å². The van der Waals surface area contributed by atoms with E-state index in [1.165, 1.54) is 24.5 Å². The lowest BCUT2D eigenvalue weighted by Crippen LogP contribution is -2.28. The molecule has 0 aliphatic carbocycles. The maximum Gasteiger partial charge on any atom is 0.427 e. The van der Waals surface area contributed by atoms with Crippen molar-refractivity contribution in [2.75, 3.05) is 0 Å². The topological polar surface area (TPSA) is 61.2 Å². The van der Waals surface area contributed by atoms with Crippen LogP contribution in [0, 0.1) is 0 Å². The maximum atomic E-state index is 11.5. The molecule has 0 amide bonds. The molecule has 0 atom stereocenters. The van der Waals surface area contributed by atoms with E-state index in [4.69, 9.17) is 4.74 Å². The van der Waals surface area contributed by atoms with Gasteiger partial charge in [0.15, 0.2) is 0 Å². The zero-order valence-electron chi connectivity index (χ0n) is 8.24. The normalized spacial score (nSPS) is 9.75. The summed E-state index contributed by atoms with van der Waals surface area (Å²) in [6, 6.07) is 9.31. The number of carbonyl (C=O) groups excluding carboxylic acids is 1. The molecule has 0 aromatic carbocycles. The first-order chi connectivity index (χ1) is 7.77. The van der Waals surface area contributed by atoms with Crippen LogP contribution >= 0.6 is 0 Å². The Kier molecular flexibility index (Phi) is 2.77. The third-order valence-electron chi connectivity index (χ3n) is 1.85. The Morgan fingerprint density at radius 3 is 2.69 bits per heavy atom. The standard InChI is InChI=1S/C11H8N2O3/c14-10-6-2-4-8-13(10)11(15)16-9-5-1-3-7-12-9/h1-8H. The van der Waals surface area contributed by atoms with Gasteiger partial charge in [-0.3, -0.25) is 4.79 Å². The first kappa shape index (κ1) is 10.1. The highest BCUT2D eigenvalue weighted by molar-refractivity contribution is 5.72. The molecule has 0 aliphatic heterocycles. The van der Waals surface area contributed by atoms with Crippen molar-refractivity contribution in [2.24, 2.45) is 0 Å². The Labute approximate surface area is 90.9 Å². The second kappa shape index (κ2) is 4.39. The van der Waals surface area contributed by atoms with Crippen LogP contribution in [0.5, 0.6) is 5.88 Å². The molecule has 0 unspecified atom stereocenters. The summed E-state index contributed by atoms with van der Waals surface area (Å²) in [6.45, 7) is 0. The fourth-order valence-electron chi connectivity index (χ4n) is 1.12. The van der Waals surface area contributed by atoms with Gasteiger partial charge in [0.1, 0.15) is 0 Å². The van der Waals surface area contributed by atoms with E-state index in [9.17, 15) is 9.59 Å². The van der Waals surface area contributed by atoms with Crippen LogP contribution in [0.15, 0.2) is 53.6 Å². The van der Waals surface area contributed by atoms with Crippen LogP contribution in [0.25, 0.3) is 0 Å². The third kappa shape index (κ3) is 2.14. The number of ether oxygens (including phenoxy) is 1. The molecule has 5 nitrogen and oxygen atoms in total. The minimum absolute atomic E-state index is 0.156. The van der Waals surface area contributed by atoms with Crippen molar-refractivity contribution in [1.82, 2.24) is 9.55 Å². The number of hydrogen-bond donors (Lipinski definition) is 0. The molecular weight excluding hydrogens is 208 g/mol. The van der Waals surface area contributed by atoms with Gasteiger partial charge in [0.25, 0.3) is 5.56 Å². The number of pyridine rings is 2. The Morgan fingerprint density at radius 1 is 1.19 bits per heavy atom. The molecule has 2 rings (SSSR count). The highest BCUT2D eigenvalue weighted by Crippen LogP contribution is 2.03. The van der Waals surface area contributed by atoms with Gasteiger partial charge < -0.3 is 4.74 Å². The Hall–Kier alpha value is -2.43. The van der Waals surface area contributed by atoms with Crippen molar-refractivity contribution in [3.63, 3.8) is 0 Å². The Balaban J connectivity index is 2.22. The smallest absolute Gasteiger partial charge is 0.391 e. The summed E-state index contributed by atoms with van der Waals surface area (Å²) < 4.78 is 5.76. The number of aromatic nitrogens is 2. The fourth-order valence-corrected chi connectivity index (χ4v) is 1.12. The highest BCUT2D eigenvalue weighted by Gasteiger charge is 2.08. The first-order valence-corrected chi connectivity index (χ1v) is 4.58. The molecule has 0 bridgehead atoms. The van der Waals surface area contributed by atoms with Crippen molar-refractivity contribution >= 4 is 6.09 Å². The van der Waals surface area contributed by atoms with E-state index in [1.54, 1.807) is 24.3 Å². The molecule has 16 heavy (non-hydrogen) atoms. The average molecular weight is 216 g/mol. The maximum absolute atomic E-state index is 11.5. The van der Waals surface area contributed by atoms with Gasteiger partial charge in [0, 0.05) is 24.5 Å². The molecule has 2 heterocycles. The van der Waals surface area contributed by atoms with E-state index in [2.05, 4.69) is 4.98 Å². The molecule has 0 N–H and O–H groups in total. The molecule has 0 saturated carbocycles. The Bertz CT molecular complexity index is 548. The molecule has 0 spiro atoms. The van der Waals surface area contributed by atoms with Gasteiger partial charge in [0.2, 0.25) is 5.88 Å². The zero-order chi connectivity index (χ0) is 11.4. The molecule has 0 fully saturated rings. The van der Waals surface area contributed by atoms with E-state index >= 15 is 0 Å². The summed E-state index contributed by atoms with van der Waals surface area (Å²) in [5.74, 6) is 0.156. The summed E-state index contributed by atoms with van der Waals surface area (Å²) in [7, 11) is 0. The van der Waals surface area contributed by atoms with Crippen molar-refractivity contribution in [2.45, 2.75) is 0 Å². The molecule has 5 heteroatoms. The lowest BCUT2D eigenvalue weighted by molar-refractivity contribution is 0.199. The molecule has 2 aromatic heterocycles. The van der Waals surface area contributed by atoms with Gasteiger partial charge in [-0.15, -0.1) is 0 Å². The van der Waals surface area contributed by atoms with Gasteiger partial charge in [-0.25, -0.2) is 14.3 Å². The predicted octanol–water partition coefficient (Wildman–Crippen LogP) is 1.29. The zero-order valence-corrected chi connectivity index (χ0v) is 8.24. The Morgan fingerprint density at radius 2 is 2.00 bits per heavy atom. The summed E-state index contributed by atoms with van der Waals surface area (Å²) in [6.07, 6.45) is 2.06. The molecule has 80 valence electrons. The van der Waals surface area contributed by atoms with E-state index in [-0.39, 0.29) is 5.88 Å². The number of nitrogens with zero attached hydrogens (tertiary/aromatic N) is 2. The van der Waals surface area contributed by atoms with Crippen molar-refractivity contribution in [3.05, 3.63) is 59.1 Å². The van der Waals surface area contributed by atoms with Gasteiger partial charge in [-0.05, 0) is 12.1 Å². The van der Waals surface area contributed by atoms with Gasteiger partial charge in [0.05, 0.1) is 0 Å². The quantitative estimate of drug-likeness (QED) is 0.720. The van der Waals surface area contributed by atoms with Crippen molar-refractivity contribution in [1.29, 1.82) is 0 Å². The second-order valence-corrected chi connectivity index (χ2v) is 2.94. The fraction of sp³-hybridized carbons (Fsp3) is 0. The number of rotatable bonds is 1.